The lowest BCUT2D eigenvalue weighted by Gasteiger charge is -2.13. The average Bonchev–Trinajstić information content (AvgIpc) is 2.20. The van der Waals surface area contributed by atoms with Crippen LogP contribution in [0, 0.1) is 12.7 Å². The van der Waals surface area contributed by atoms with Gasteiger partial charge in [-0.1, -0.05) is 6.07 Å². The van der Waals surface area contributed by atoms with Crippen LogP contribution in [0.15, 0.2) is 17.2 Å². The molecule has 1 aromatic carbocycles. The highest BCUT2D eigenvalue weighted by Gasteiger charge is 2.36. The summed E-state index contributed by atoms with van der Waals surface area (Å²) in [5, 5.41) is 3.11. The van der Waals surface area contributed by atoms with Gasteiger partial charge in [-0.2, -0.15) is 18.3 Å². The Morgan fingerprint density at radius 1 is 1.44 bits per heavy atom. The van der Waals surface area contributed by atoms with Gasteiger partial charge in [0, 0.05) is 5.56 Å². The number of halogens is 4. The molecule has 18 heavy (non-hydrogen) atoms. The zero-order valence-corrected chi connectivity index (χ0v) is 9.99. The van der Waals surface area contributed by atoms with E-state index in [0.717, 1.165) is 12.1 Å². The summed E-state index contributed by atoms with van der Waals surface area (Å²) in [5.74, 6) is -1.03. The molecule has 0 aliphatic carbocycles. The van der Waals surface area contributed by atoms with Crippen LogP contribution in [0.5, 0.6) is 0 Å². The van der Waals surface area contributed by atoms with Gasteiger partial charge in [0.25, 0.3) is 0 Å². The van der Waals surface area contributed by atoms with Crippen molar-refractivity contribution in [3.8, 4) is 0 Å². The van der Waals surface area contributed by atoms with Crippen molar-refractivity contribution in [2.75, 3.05) is 0 Å². The minimum absolute atomic E-state index is 0.0966. The number of nitrogens with one attached hydrogen (secondary N) is 1. The fourth-order valence-electron chi connectivity index (χ4n) is 1.37. The van der Waals surface area contributed by atoms with E-state index in [1.54, 1.807) is 0 Å². The van der Waals surface area contributed by atoms with Crippen molar-refractivity contribution in [1.29, 1.82) is 0 Å². The van der Waals surface area contributed by atoms with E-state index in [9.17, 15) is 17.6 Å². The maximum Gasteiger partial charge on any atom is 0.417 e. The minimum atomic E-state index is -4.67. The molecule has 0 saturated carbocycles. The molecule has 0 fully saturated rings. The maximum atomic E-state index is 13.4. The Morgan fingerprint density at radius 3 is 2.56 bits per heavy atom. The van der Waals surface area contributed by atoms with Crippen LogP contribution in [-0.4, -0.2) is 11.3 Å². The van der Waals surface area contributed by atoms with E-state index in [2.05, 4.69) is 22.7 Å². The van der Waals surface area contributed by atoms with Crippen LogP contribution in [-0.2, 0) is 6.18 Å². The van der Waals surface area contributed by atoms with Gasteiger partial charge in [-0.25, -0.2) is 4.39 Å². The minimum Gasteiger partial charge on any atom is -0.375 e. The van der Waals surface area contributed by atoms with E-state index < -0.39 is 23.1 Å². The summed E-state index contributed by atoms with van der Waals surface area (Å²) in [6.45, 7) is 1.24. The number of aryl methyl sites for hydroxylation is 1. The lowest BCUT2D eigenvalue weighted by atomic mass is 10.0. The Labute approximate surface area is 106 Å². The maximum absolute atomic E-state index is 13.4. The Hall–Kier alpha value is -1.70. The van der Waals surface area contributed by atoms with E-state index in [4.69, 9.17) is 5.73 Å². The first kappa shape index (κ1) is 14.4. The molecule has 98 valence electrons. The zero-order valence-electron chi connectivity index (χ0n) is 9.18. The number of rotatable bonds is 2. The molecule has 3 nitrogen and oxygen atoms in total. The molecular formula is C10H9F4N3S. The molecule has 0 heterocycles. The molecule has 0 aromatic heterocycles. The third-order valence-corrected chi connectivity index (χ3v) is 2.14. The molecule has 0 spiro atoms. The summed E-state index contributed by atoms with van der Waals surface area (Å²) in [6.07, 6.45) is -3.97. The highest BCUT2D eigenvalue weighted by Crippen LogP contribution is 2.34. The van der Waals surface area contributed by atoms with Gasteiger partial charge < -0.3 is 5.73 Å². The average molecular weight is 279 g/mol. The quantitative estimate of drug-likeness (QED) is 0.378. The monoisotopic (exact) mass is 279 g/mol. The largest absolute Gasteiger partial charge is 0.417 e. The smallest absolute Gasteiger partial charge is 0.375 e. The molecule has 0 saturated heterocycles. The second kappa shape index (κ2) is 5.30. The summed E-state index contributed by atoms with van der Waals surface area (Å²) < 4.78 is 51.7. The van der Waals surface area contributed by atoms with Gasteiger partial charge in [0.1, 0.15) is 5.82 Å². The highest BCUT2D eigenvalue weighted by molar-refractivity contribution is 7.80. The number of hydrogen-bond acceptors (Lipinski definition) is 2. The molecule has 0 aliphatic rings. The Kier molecular flexibility index (Phi) is 4.23. The molecular weight excluding hydrogens is 270 g/mol. The molecule has 0 atom stereocenters. The summed E-state index contributed by atoms with van der Waals surface area (Å²) in [6, 6.07) is 1.99. The van der Waals surface area contributed by atoms with E-state index >= 15 is 0 Å². The SMILES string of the molecule is Cc1ccc(F)c(C=NNC(N)=S)c1C(F)(F)F. The lowest BCUT2D eigenvalue weighted by Crippen LogP contribution is -2.24. The van der Waals surface area contributed by atoms with Crippen molar-refractivity contribution in [2.24, 2.45) is 10.8 Å². The Morgan fingerprint density at radius 2 is 2.06 bits per heavy atom. The van der Waals surface area contributed by atoms with Gasteiger partial charge in [0.15, 0.2) is 5.11 Å². The fourth-order valence-corrected chi connectivity index (χ4v) is 1.42. The molecule has 0 bridgehead atoms. The van der Waals surface area contributed by atoms with Gasteiger partial charge in [0.2, 0.25) is 0 Å². The van der Waals surface area contributed by atoms with Crippen LogP contribution in [0.25, 0.3) is 0 Å². The second-order valence-corrected chi connectivity index (χ2v) is 3.82. The number of alkyl halides is 3. The molecule has 0 aliphatic heterocycles. The van der Waals surface area contributed by atoms with Gasteiger partial charge >= 0.3 is 6.18 Å². The molecule has 0 unspecified atom stereocenters. The number of nitrogens with zero attached hydrogens (tertiary/aromatic N) is 1. The van der Waals surface area contributed by atoms with Crippen molar-refractivity contribution in [3.63, 3.8) is 0 Å². The summed E-state index contributed by atoms with van der Waals surface area (Å²) >= 11 is 4.41. The summed E-state index contributed by atoms with van der Waals surface area (Å²) in [5.41, 5.74) is 5.27. The third kappa shape index (κ3) is 3.39. The van der Waals surface area contributed by atoms with Crippen LogP contribution in [0.1, 0.15) is 16.7 Å². The van der Waals surface area contributed by atoms with Gasteiger partial charge in [-0.05, 0) is 30.8 Å². The van der Waals surface area contributed by atoms with Crippen LogP contribution in [0.2, 0.25) is 0 Å². The van der Waals surface area contributed by atoms with Crippen LogP contribution in [0.3, 0.4) is 0 Å². The molecule has 0 amide bonds. The van der Waals surface area contributed by atoms with Crippen LogP contribution < -0.4 is 11.2 Å². The van der Waals surface area contributed by atoms with Crippen molar-refractivity contribution in [1.82, 2.24) is 5.43 Å². The van der Waals surface area contributed by atoms with Gasteiger partial charge in [0.05, 0.1) is 11.8 Å². The number of thiocarbonyl (C=S) groups is 1. The van der Waals surface area contributed by atoms with E-state index in [1.165, 1.54) is 6.92 Å². The molecule has 8 heteroatoms. The van der Waals surface area contributed by atoms with E-state index in [0.29, 0.717) is 6.21 Å². The Balaban J connectivity index is 3.28. The molecule has 0 radical (unpaired) electrons. The van der Waals surface area contributed by atoms with Crippen molar-refractivity contribution in [3.05, 3.63) is 34.6 Å². The number of nitrogens with two attached hydrogens (primary N) is 1. The molecule has 1 rings (SSSR count). The normalized spacial score (nSPS) is 11.8. The summed E-state index contributed by atoms with van der Waals surface area (Å²) in [4.78, 5) is 0. The van der Waals surface area contributed by atoms with Gasteiger partial charge in [-0.3, -0.25) is 5.43 Å². The van der Waals surface area contributed by atoms with Crippen LogP contribution >= 0.6 is 12.2 Å². The first-order chi connectivity index (χ1) is 8.23. The predicted molar refractivity (Wildman–Crippen MR) is 63.7 cm³/mol. The van der Waals surface area contributed by atoms with Crippen molar-refractivity contribution >= 4 is 23.5 Å². The van der Waals surface area contributed by atoms with Crippen molar-refractivity contribution < 1.29 is 17.6 Å². The number of hydrazone groups is 1. The topological polar surface area (TPSA) is 50.4 Å². The number of benzene rings is 1. The first-order valence-corrected chi connectivity index (χ1v) is 5.09. The number of hydrogen-bond donors (Lipinski definition) is 2. The second-order valence-electron chi connectivity index (χ2n) is 3.38. The molecule has 1 aromatic rings. The van der Waals surface area contributed by atoms with Gasteiger partial charge in [-0.15, -0.1) is 0 Å². The zero-order chi connectivity index (χ0) is 13.9. The highest BCUT2D eigenvalue weighted by atomic mass is 32.1. The van der Waals surface area contributed by atoms with E-state index in [-0.39, 0.29) is 10.7 Å². The molecule has 3 N–H and O–H groups in total. The fraction of sp³-hybridized carbons (Fsp3) is 0.200. The third-order valence-electron chi connectivity index (χ3n) is 2.05. The Bertz CT molecular complexity index is 497. The first-order valence-electron chi connectivity index (χ1n) is 4.68. The lowest BCUT2D eigenvalue weighted by molar-refractivity contribution is -0.138. The van der Waals surface area contributed by atoms with Crippen LogP contribution in [0.4, 0.5) is 17.6 Å². The summed E-state index contributed by atoms with van der Waals surface area (Å²) in [7, 11) is 0. The predicted octanol–water partition coefficient (Wildman–Crippen LogP) is 2.32. The standard InChI is InChI=1S/C10H9F4N3S/c1-5-2-3-7(11)6(4-16-17-9(15)18)8(5)10(12,13)14/h2-4H,1H3,(H3,15,17,18). The van der Waals surface area contributed by atoms with Crippen molar-refractivity contribution in [2.45, 2.75) is 13.1 Å². The van der Waals surface area contributed by atoms with E-state index in [1.807, 2.05) is 0 Å².